The second-order valence-electron chi connectivity index (χ2n) is 5.87. The summed E-state index contributed by atoms with van der Waals surface area (Å²) in [4.78, 5) is 4.22. The predicted molar refractivity (Wildman–Crippen MR) is 117 cm³/mol. The van der Waals surface area contributed by atoms with Gasteiger partial charge in [-0.15, -0.1) is 24.0 Å². The zero-order valence-electron chi connectivity index (χ0n) is 16.0. The summed E-state index contributed by atoms with van der Waals surface area (Å²) < 4.78 is 11.2. The average molecular weight is 463 g/mol. The number of halogens is 1. The van der Waals surface area contributed by atoms with Crippen LogP contribution in [0.15, 0.2) is 29.3 Å². The zero-order chi connectivity index (χ0) is 17.6. The molecule has 0 radical (unpaired) electrons. The number of benzene rings is 1. The third-order valence-corrected chi connectivity index (χ3v) is 3.63. The summed E-state index contributed by atoms with van der Waals surface area (Å²) in [6.07, 6.45) is 2.13. The van der Waals surface area contributed by atoms with Crippen LogP contribution in [-0.4, -0.2) is 45.9 Å². The number of ether oxygens (including phenoxy) is 2. The van der Waals surface area contributed by atoms with Gasteiger partial charge in [0.1, 0.15) is 12.4 Å². The van der Waals surface area contributed by atoms with E-state index in [4.69, 9.17) is 9.47 Å². The van der Waals surface area contributed by atoms with Gasteiger partial charge < -0.3 is 20.1 Å². The molecule has 144 valence electrons. The first-order valence-electron chi connectivity index (χ1n) is 8.93. The molecule has 0 heterocycles. The number of nitrogens with one attached hydrogen (secondary N) is 2. The van der Waals surface area contributed by atoms with E-state index in [2.05, 4.69) is 41.6 Å². The minimum absolute atomic E-state index is 0. The Kier molecular flexibility index (Phi) is 14.6. The van der Waals surface area contributed by atoms with Gasteiger partial charge in [0.2, 0.25) is 0 Å². The van der Waals surface area contributed by atoms with Gasteiger partial charge in [0, 0.05) is 26.8 Å². The van der Waals surface area contributed by atoms with Crippen LogP contribution in [0.25, 0.3) is 0 Å². The number of unbranched alkanes of at least 4 members (excludes halogenated alkanes) is 1. The molecule has 0 aliphatic rings. The van der Waals surface area contributed by atoms with E-state index in [-0.39, 0.29) is 24.0 Å². The average Bonchev–Trinajstić information content (AvgIpc) is 2.59. The van der Waals surface area contributed by atoms with Gasteiger partial charge in [0.15, 0.2) is 5.96 Å². The van der Waals surface area contributed by atoms with Crippen molar-refractivity contribution in [1.29, 1.82) is 0 Å². The van der Waals surface area contributed by atoms with Gasteiger partial charge in [-0.25, -0.2) is 0 Å². The molecule has 1 aromatic rings. The fourth-order valence-corrected chi connectivity index (χ4v) is 2.32. The molecule has 0 spiro atoms. The quantitative estimate of drug-likeness (QED) is 0.227. The third-order valence-electron chi connectivity index (χ3n) is 3.63. The number of rotatable bonds is 11. The van der Waals surface area contributed by atoms with Gasteiger partial charge >= 0.3 is 0 Å². The number of para-hydroxylation sites is 1. The predicted octanol–water partition coefficient (Wildman–Crippen LogP) is 3.79. The number of hydrogen-bond donors (Lipinski definition) is 2. The summed E-state index contributed by atoms with van der Waals surface area (Å²) >= 11 is 0. The summed E-state index contributed by atoms with van der Waals surface area (Å²) in [6, 6.07) is 8.21. The molecule has 0 atom stereocenters. The Bertz CT molecular complexity index is 481. The maximum absolute atomic E-state index is 5.90. The van der Waals surface area contributed by atoms with Crippen molar-refractivity contribution in [1.82, 2.24) is 10.6 Å². The highest BCUT2D eigenvalue weighted by atomic mass is 127. The first kappa shape index (κ1) is 24.0. The molecule has 25 heavy (non-hydrogen) atoms. The molecule has 2 N–H and O–H groups in total. The molecule has 0 unspecified atom stereocenters. The van der Waals surface area contributed by atoms with Crippen molar-refractivity contribution in [3.8, 4) is 5.75 Å². The summed E-state index contributed by atoms with van der Waals surface area (Å²) in [5, 5.41) is 6.58. The molecular weight excluding hydrogens is 429 g/mol. The van der Waals surface area contributed by atoms with Crippen molar-refractivity contribution >= 4 is 29.9 Å². The summed E-state index contributed by atoms with van der Waals surface area (Å²) in [5.41, 5.74) is 1.24. The molecule has 0 amide bonds. The maximum atomic E-state index is 5.90. The first-order chi connectivity index (χ1) is 11.7. The lowest BCUT2D eigenvalue weighted by Crippen LogP contribution is -2.39. The van der Waals surface area contributed by atoms with E-state index in [0.29, 0.717) is 19.1 Å². The standard InChI is InChI=1S/C19H33N3O2.HI/c1-5-23-14-9-8-12-21-19(20-4)22-13-15-24-18-11-7-6-10-17(18)16(2)3;/h6-7,10-11,16H,5,8-9,12-15H2,1-4H3,(H2,20,21,22);1H. The van der Waals surface area contributed by atoms with Crippen molar-refractivity contribution in [2.45, 2.75) is 39.5 Å². The van der Waals surface area contributed by atoms with E-state index < -0.39 is 0 Å². The molecule has 1 rings (SSSR count). The van der Waals surface area contributed by atoms with E-state index >= 15 is 0 Å². The lowest BCUT2D eigenvalue weighted by atomic mass is 10.0. The fraction of sp³-hybridized carbons (Fsp3) is 0.632. The van der Waals surface area contributed by atoms with Crippen molar-refractivity contribution in [3.05, 3.63) is 29.8 Å². The summed E-state index contributed by atoms with van der Waals surface area (Å²) in [5.74, 6) is 2.24. The van der Waals surface area contributed by atoms with Gasteiger partial charge in [-0.05, 0) is 37.3 Å². The largest absolute Gasteiger partial charge is 0.491 e. The van der Waals surface area contributed by atoms with Crippen LogP contribution in [-0.2, 0) is 4.74 Å². The fourth-order valence-electron chi connectivity index (χ4n) is 2.32. The molecule has 5 nitrogen and oxygen atoms in total. The zero-order valence-corrected chi connectivity index (χ0v) is 18.3. The Balaban J connectivity index is 0.00000576. The smallest absolute Gasteiger partial charge is 0.191 e. The van der Waals surface area contributed by atoms with E-state index in [1.54, 1.807) is 7.05 Å². The molecule has 0 fully saturated rings. The highest BCUT2D eigenvalue weighted by molar-refractivity contribution is 14.0. The molecular formula is C19H34IN3O2. The molecule has 0 aromatic heterocycles. The van der Waals surface area contributed by atoms with Crippen LogP contribution in [0.3, 0.4) is 0 Å². The molecule has 6 heteroatoms. The van der Waals surface area contributed by atoms with Crippen LogP contribution in [0.2, 0.25) is 0 Å². The van der Waals surface area contributed by atoms with Gasteiger partial charge in [0.05, 0.1) is 6.54 Å². The Labute approximate surface area is 170 Å². The van der Waals surface area contributed by atoms with Crippen LogP contribution < -0.4 is 15.4 Å². The van der Waals surface area contributed by atoms with Crippen molar-refractivity contribution in [2.75, 3.05) is 40.0 Å². The second-order valence-corrected chi connectivity index (χ2v) is 5.87. The van der Waals surface area contributed by atoms with E-state index in [1.807, 2.05) is 19.1 Å². The van der Waals surface area contributed by atoms with E-state index in [1.165, 1.54) is 5.56 Å². The Hall–Kier alpha value is -1.02. The number of guanidine groups is 1. The normalized spacial score (nSPS) is 11.2. The molecule has 0 aliphatic heterocycles. The van der Waals surface area contributed by atoms with Gasteiger partial charge in [0.25, 0.3) is 0 Å². The highest BCUT2D eigenvalue weighted by Gasteiger charge is 2.06. The van der Waals surface area contributed by atoms with E-state index in [9.17, 15) is 0 Å². The Morgan fingerprint density at radius 1 is 1.08 bits per heavy atom. The number of nitrogens with zero attached hydrogens (tertiary/aromatic N) is 1. The van der Waals surface area contributed by atoms with Crippen LogP contribution >= 0.6 is 24.0 Å². The van der Waals surface area contributed by atoms with Crippen molar-refractivity contribution in [2.24, 2.45) is 4.99 Å². The molecule has 0 aliphatic carbocycles. The van der Waals surface area contributed by atoms with Crippen LogP contribution in [0.5, 0.6) is 5.75 Å². The second kappa shape index (κ2) is 15.3. The summed E-state index contributed by atoms with van der Waals surface area (Å²) in [6.45, 7) is 10.2. The van der Waals surface area contributed by atoms with Gasteiger partial charge in [-0.3, -0.25) is 4.99 Å². The lowest BCUT2D eigenvalue weighted by molar-refractivity contribution is 0.143. The van der Waals surface area contributed by atoms with Crippen LogP contribution in [0.4, 0.5) is 0 Å². The topological polar surface area (TPSA) is 54.9 Å². The van der Waals surface area contributed by atoms with E-state index in [0.717, 1.165) is 44.3 Å². The Morgan fingerprint density at radius 3 is 2.48 bits per heavy atom. The first-order valence-corrected chi connectivity index (χ1v) is 8.93. The highest BCUT2D eigenvalue weighted by Crippen LogP contribution is 2.25. The van der Waals surface area contributed by atoms with Crippen molar-refractivity contribution < 1.29 is 9.47 Å². The SMILES string of the molecule is CCOCCCCNC(=NC)NCCOc1ccccc1C(C)C.I. The Morgan fingerprint density at radius 2 is 1.80 bits per heavy atom. The summed E-state index contributed by atoms with van der Waals surface area (Å²) in [7, 11) is 1.78. The lowest BCUT2D eigenvalue weighted by Gasteiger charge is -2.15. The minimum atomic E-state index is 0. The minimum Gasteiger partial charge on any atom is -0.491 e. The van der Waals surface area contributed by atoms with Crippen molar-refractivity contribution in [3.63, 3.8) is 0 Å². The number of aliphatic imine (C=N–C) groups is 1. The maximum Gasteiger partial charge on any atom is 0.191 e. The van der Waals surface area contributed by atoms with Crippen LogP contribution in [0, 0.1) is 0 Å². The monoisotopic (exact) mass is 463 g/mol. The molecule has 0 saturated heterocycles. The molecule has 1 aromatic carbocycles. The number of hydrogen-bond acceptors (Lipinski definition) is 3. The van der Waals surface area contributed by atoms with Gasteiger partial charge in [-0.1, -0.05) is 32.0 Å². The third kappa shape index (κ3) is 10.5. The van der Waals surface area contributed by atoms with Gasteiger partial charge in [-0.2, -0.15) is 0 Å². The molecule has 0 bridgehead atoms. The molecule has 0 saturated carbocycles. The van der Waals surface area contributed by atoms with Crippen LogP contribution in [0.1, 0.15) is 45.1 Å².